The number of anilines is 1. The minimum atomic E-state index is -3.95. The molecule has 3 N–H and O–H groups in total. The summed E-state index contributed by atoms with van der Waals surface area (Å²) in [4.78, 5) is -0.299. The maximum Gasteiger partial charge on any atom is 0.238 e. The van der Waals surface area contributed by atoms with Crippen LogP contribution in [-0.2, 0) is 20.0 Å². The molecule has 17 heavy (non-hydrogen) atoms. The molecule has 0 amide bonds. The number of hydrogen-bond acceptors (Lipinski definition) is 4. The van der Waals surface area contributed by atoms with E-state index in [0.29, 0.717) is 0 Å². The molecule has 96 valence electrons. The molecule has 0 aromatic heterocycles. The average molecular weight is 319 g/mol. The molecule has 6 nitrogen and oxygen atoms in total. The Morgan fingerprint density at radius 1 is 1.12 bits per heavy atom. The lowest BCUT2D eigenvalue weighted by molar-refractivity contribution is 0.597. The quantitative estimate of drug-likeness (QED) is 0.867. The highest BCUT2D eigenvalue weighted by atomic mass is 35.5. The third-order valence-corrected chi connectivity index (χ3v) is 3.70. The largest absolute Gasteiger partial charge is 0.281 e. The van der Waals surface area contributed by atoms with Gasteiger partial charge in [-0.3, -0.25) is 4.72 Å². The summed E-state index contributed by atoms with van der Waals surface area (Å²) >= 11 is 11.4. The zero-order valence-corrected chi connectivity index (χ0v) is 11.6. The highest BCUT2D eigenvalue weighted by Crippen LogP contribution is 2.33. The first-order chi connectivity index (χ1) is 7.50. The molecule has 0 atom stereocenters. The summed E-state index contributed by atoms with van der Waals surface area (Å²) in [5.41, 5.74) is -0.0942. The first kappa shape index (κ1) is 14.5. The summed E-state index contributed by atoms with van der Waals surface area (Å²) in [5, 5.41) is 4.57. The summed E-state index contributed by atoms with van der Waals surface area (Å²) in [6.07, 6.45) is 0.910. The van der Waals surface area contributed by atoms with Crippen LogP contribution in [0.2, 0.25) is 10.0 Å². The molecule has 1 aromatic rings. The van der Waals surface area contributed by atoms with Crippen molar-refractivity contribution in [1.82, 2.24) is 0 Å². The lowest BCUT2D eigenvalue weighted by Gasteiger charge is -2.10. The molecule has 0 saturated carbocycles. The maximum atomic E-state index is 11.1. The zero-order valence-electron chi connectivity index (χ0n) is 8.44. The summed E-state index contributed by atoms with van der Waals surface area (Å²) < 4.78 is 46.2. The standard InChI is InChI=1S/C7H8Cl2N2O4S2/c1-16(12,13)11-7-5(8)2-4(3-6(7)9)17(10,14)15/h2-3,11H,1H3,(H2,10,14,15). The van der Waals surface area contributed by atoms with Gasteiger partial charge in [-0.2, -0.15) is 0 Å². The summed E-state index contributed by atoms with van der Waals surface area (Å²) in [7, 11) is -7.52. The number of hydrogen-bond donors (Lipinski definition) is 2. The number of rotatable bonds is 3. The smallest absolute Gasteiger partial charge is 0.238 e. The van der Waals surface area contributed by atoms with Crippen molar-refractivity contribution in [1.29, 1.82) is 0 Å². The molecule has 0 aliphatic carbocycles. The van der Waals surface area contributed by atoms with Gasteiger partial charge in [0.15, 0.2) is 0 Å². The Kier molecular flexibility index (Phi) is 3.94. The first-order valence-corrected chi connectivity index (χ1v) is 8.20. The van der Waals surface area contributed by atoms with Crippen LogP contribution < -0.4 is 9.86 Å². The molecule has 0 radical (unpaired) electrons. The van der Waals surface area contributed by atoms with Gasteiger partial charge in [-0.05, 0) is 12.1 Å². The van der Waals surface area contributed by atoms with Crippen molar-refractivity contribution in [3.05, 3.63) is 22.2 Å². The summed E-state index contributed by atoms with van der Waals surface area (Å²) in [5.74, 6) is 0. The normalized spacial score (nSPS) is 12.5. The minimum absolute atomic E-state index is 0.0942. The van der Waals surface area contributed by atoms with Gasteiger partial charge in [0.05, 0.1) is 26.9 Å². The van der Waals surface area contributed by atoms with Crippen molar-refractivity contribution in [2.24, 2.45) is 5.14 Å². The van der Waals surface area contributed by atoms with E-state index in [1.165, 1.54) is 0 Å². The Labute approximate surface area is 109 Å². The summed E-state index contributed by atoms with van der Waals surface area (Å²) in [6, 6.07) is 2.02. The van der Waals surface area contributed by atoms with Crippen LogP contribution >= 0.6 is 23.2 Å². The molecule has 1 rings (SSSR count). The average Bonchev–Trinajstić information content (AvgIpc) is 2.07. The molecule has 0 unspecified atom stereocenters. The monoisotopic (exact) mass is 318 g/mol. The molecule has 0 aliphatic rings. The molecule has 0 bridgehead atoms. The third-order valence-electron chi connectivity index (χ3n) is 1.63. The topological polar surface area (TPSA) is 106 Å². The van der Waals surface area contributed by atoms with E-state index in [1.54, 1.807) is 0 Å². The molecular weight excluding hydrogens is 311 g/mol. The molecule has 0 saturated heterocycles. The van der Waals surface area contributed by atoms with Gasteiger partial charge < -0.3 is 0 Å². The van der Waals surface area contributed by atoms with Gasteiger partial charge in [-0.25, -0.2) is 22.0 Å². The molecule has 10 heteroatoms. The lowest BCUT2D eigenvalue weighted by Crippen LogP contribution is -2.14. The molecule has 0 heterocycles. The van der Waals surface area contributed by atoms with Crippen LogP contribution in [0.15, 0.2) is 17.0 Å². The van der Waals surface area contributed by atoms with E-state index < -0.39 is 20.0 Å². The van der Waals surface area contributed by atoms with Crippen molar-refractivity contribution >= 4 is 48.9 Å². The van der Waals surface area contributed by atoms with Gasteiger partial charge in [0, 0.05) is 0 Å². The second kappa shape index (κ2) is 4.62. The van der Waals surface area contributed by atoms with E-state index in [1.807, 2.05) is 0 Å². The highest BCUT2D eigenvalue weighted by Gasteiger charge is 2.16. The first-order valence-electron chi connectivity index (χ1n) is 4.00. The Hall–Kier alpha value is -0.540. The number of benzene rings is 1. The Balaban J connectivity index is 3.40. The van der Waals surface area contributed by atoms with Crippen LogP contribution in [0.4, 0.5) is 5.69 Å². The number of sulfonamides is 2. The van der Waals surface area contributed by atoms with Gasteiger partial charge >= 0.3 is 0 Å². The molecule has 0 aliphatic heterocycles. The Bertz CT molecular complexity index is 631. The van der Waals surface area contributed by atoms with Crippen molar-refractivity contribution in [2.75, 3.05) is 11.0 Å². The SMILES string of the molecule is CS(=O)(=O)Nc1c(Cl)cc(S(N)(=O)=O)cc1Cl. The van der Waals surface area contributed by atoms with Crippen LogP contribution in [-0.4, -0.2) is 23.1 Å². The number of nitrogens with one attached hydrogen (secondary N) is 1. The predicted octanol–water partition coefficient (Wildman–Crippen LogP) is 1.01. The number of primary sulfonamides is 1. The Morgan fingerprint density at radius 3 is 1.82 bits per heavy atom. The van der Waals surface area contributed by atoms with Gasteiger partial charge in [0.25, 0.3) is 0 Å². The van der Waals surface area contributed by atoms with E-state index in [4.69, 9.17) is 28.3 Å². The Morgan fingerprint density at radius 2 is 1.53 bits per heavy atom. The van der Waals surface area contributed by atoms with Crippen LogP contribution in [0.5, 0.6) is 0 Å². The third kappa shape index (κ3) is 4.00. The van der Waals surface area contributed by atoms with E-state index in [9.17, 15) is 16.8 Å². The van der Waals surface area contributed by atoms with E-state index in [-0.39, 0.29) is 20.6 Å². The van der Waals surface area contributed by atoms with Crippen LogP contribution in [0.1, 0.15) is 0 Å². The number of nitrogens with two attached hydrogens (primary N) is 1. The van der Waals surface area contributed by atoms with Crippen molar-refractivity contribution in [3.8, 4) is 0 Å². The fourth-order valence-corrected chi connectivity index (χ4v) is 2.97. The van der Waals surface area contributed by atoms with E-state index in [0.717, 1.165) is 18.4 Å². The minimum Gasteiger partial charge on any atom is -0.281 e. The second-order valence-corrected chi connectivity index (χ2v) is 7.31. The van der Waals surface area contributed by atoms with E-state index >= 15 is 0 Å². The fourth-order valence-electron chi connectivity index (χ4n) is 0.997. The molecule has 0 fully saturated rings. The lowest BCUT2D eigenvalue weighted by atomic mass is 10.3. The van der Waals surface area contributed by atoms with Gasteiger partial charge in [-0.1, -0.05) is 23.2 Å². The zero-order chi connectivity index (χ0) is 13.4. The van der Waals surface area contributed by atoms with E-state index in [2.05, 4.69) is 4.72 Å². The van der Waals surface area contributed by atoms with Crippen LogP contribution in [0.25, 0.3) is 0 Å². The highest BCUT2D eigenvalue weighted by molar-refractivity contribution is 7.92. The van der Waals surface area contributed by atoms with Crippen molar-refractivity contribution in [3.63, 3.8) is 0 Å². The van der Waals surface area contributed by atoms with Gasteiger partial charge in [0.1, 0.15) is 0 Å². The molecule has 0 spiro atoms. The molecular formula is C7H8Cl2N2O4S2. The van der Waals surface area contributed by atoms with Crippen LogP contribution in [0.3, 0.4) is 0 Å². The van der Waals surface area contributed by atoms with Crippen molar-refractivity contribution < 1.29 is 16.8 Å². The number of halogens is 2. The maximum absolute atomic E-state index is 11.1. The van der Waals surface area contributed by atoms with Crippen LogP contribution in [0, 0.1) is 0 Å². The van der Waals surface area contributed by atoms with Crippen molar-refractivity contribution in [2.45, 2.75) is 4.90 Å². The molecule has 1 aromatic carbocycles. The second-order valence-electron chi connectivity index (χ2n) is 3.18. The van der Waals surface area contributed by atoms with Gasteiger partial charge in [-0.15, -0.1) is 0 Å². The van der Waals surface area contributed by atoms with Gasteiger partial charge in [0.2, 0.25) is 20.0 Å². The fraction of sp³-hybridized carbons (Fsp3) is 0.143. The summed E-state index contributed by atoms with van der Waals surface area (Å²) in [6.45, 7) is 0. The predicted molar refractivity (Wildman–Crippen MR) is 66.3 cm³/mol.